The third-order valence-electron chi connectivity index (χ3n) is 2.78. The lowest BCUT2D eigenvalue weighted by Crippen LogP contribution is -2.22. The van der Waals surface area contributed by atoms with E-state index in [1.165, 1.54) is 0 Å². The second-order valence-electron chi connectivity index (χ2n) is 3.66. The van der Waals surface area contributed by atoms with Crippen LogP contribution >= 0.6 is 0 Å². The Morgan fingerprint density at radius 3 is 2.15 bits per heavy atom. The van der Waals surface area contributed by atoms with E-state index >= 15 is 0 Å². The highest BCUT2D eigenvalue weighted by Gasteiger charge is 2.24. The van der Waals surface area contributed by atoms with Gasteiger partial charge in [0.1, 0.15) is 0 Å². The van der Waals surface area contributed by atoms with Crippen molar-refractivity contribution in [2.24, 2.45) is 11.8 Å². The lowest BCUT2D eigenvalue weighted by molar-refractivity contribution is -0.144. The number of carbonyl (C=O) groups is 1. The molecule has 0 saturated heterocycles. The summed E-state index contributed by atoms with van der Waals surface area (Å²) < 4.78 is 0. The number of aliphatic carboxylic acids is 1. The van der Waals surface area contributed by atoms with E-state index in [0.717, 1.165) is 32.1 Å². The van der Waals surface area contributed by atoms with Crippen LogP contribution in [0.4, 0.5) is 0 Å². The fourth-order valence-corrected chi connectivity index (χ4v) is 1.87. The van der Waals surface area contributed by atoms with E-state index < -0.39 is 5.97 Å². The molecule has 0 aliphatic rings. The van der Waals surface area contributed by atoms with Crippen LogP contribution in [-0.4, -0.2) is 11.1 Å². The van der Waals surface area contributed by atoms with Crippen molar-refractivity contribution >= 4 is 5.97 Å². The minimum absolute atomic E-state index is 0.128. The summed E-state index contributed by atoms with van der Waals surface area (Å²) in [5.41, 5.74) is 0. The molecular formula is C11H22O2. The van der Waals surface area contributed by atoms with Crippen molar-refractivity contribution in [3.63, 3.8) is 0 Å². The highest BCUT2D eigenvalue weighted by atomic mass is 16.4. The zero-order valence-electron chi connectivity index (χ0n) is 9.05. The highest BCUT2D eigenvalue weighted by Crippen LogP contribution is 2.24. The molecule has 0 aromatic carbocycles. The Morgan fingerprint density at radius 2 is 1.85 bits per heavy atom. The molecule has 2 atom stereocenters. The molecule has 0 spiro atoms. The van der Waals surface area contributed by atoms with Crippen LogP contribution in [0.5, 0.6) is 0 Å². The molecule has 2 nitrogen and oxygen atoms in total. The highest BCUT2D eigenvalue weighted by molar-refractivity contribution is 5.70. The summed E-state index contributed by atoms with van der Waals surface area (Å²) >= 11 is 0. The van der Waals surface area contributed by atoms with Crippen molar-refractivity contribution < 1.29 is 9.90 Å². The molecule has 0 amide bonds. The van der Waals surface area contributed by atoms with Crippen molar-refractivity contribution in [3.8, 4) is 0 Å². The lowest BCUT2D eigenvalue weighted by atomic mass is 9.84. The Bertz CT molecular complexity index is 143. The van der Waals surface area contributed by atoms with Crippen molar-refractivity contribution in [2.75, 3.05) is 0 Å². The van der Waals surface area contributed by atoms with Crippen LogP contribution in [0.15, 0.2) is 0 Å². The van der Waals surface area contributed by atoms with E-state index in [4.69, 9.17) is 5.11 Å². The molecule has 13 heavy (non-hydrogen) atoms. The van der Waals surface area contributed by atoms with Crippen LogP contribution in [0, 0.1) is 11.8 Å². The molecule has 0 bridgehead atoms. The summed E-state index contributed by atoms with van der Waals surface area (Å²) in [5.74, 6) is -0.371. The van der Waals surface area contributed by atoms with Gasteiger partial charge in [-0.2, -0.15) is 0 Å². The standard InChI is InChI=1S/C11H22O2/c1-4-7-8-9(5-2)10(6-3)11(12)13/h9-10H,4-8H2,1-3H3,(H,12,13). The number of unbranched alkanes of at least 4 members (excludes halogenated alkanes) is 1. The van der Waals surface area contributed by atoms with E-state index in [0.29, 0.717) is 5.92 Å². The minimum Gasteiger partial charge on any atom is -0.481 e. The molecule has 0 aliphatic carbocycles. The Morgan fingerprint density at radius 1 is 1.23 bits per heavy atom. The third kappa shape index (κ3) is 4.30. The van der Waals surface area contributed by atoms with Gasteiger partial charge in [0.15, 0.2) is 0 Å². The second kappa shape index (κ2) is 6.93. The molecule has 0 aliphatic heterocycles. The molecule has 2 unspecified atom stereocenters. The first-order chi connectivity index (χ1) is 6.17. The van der Waals surface area contributed by atoms with E-state index in [1.807, 2.05) is 6.92 Å². The molecule has 0 heterocycles. The van der Waals surface area contributed by atoms with Gasteiger partial charge in [-0.25, -0.2) is 0 Å². The van der Waals surface area contributed by atoms with E-state index in [-0.39, 0.29) is 5.92 Å². The molecular weight excluding hydrogens is 164 g/mol. The first kappa shape index (κ1) is 12.5. The summed E-state index contributed by atoms with van der Waals surface area (Å²) in [4.78, 5) is 10.9. The summed E-state index contributed by atoms with van der Waals surface area (Å²) in [6.45, 7) is 6.20. The van der Waals surface area contributed by atoms with E-state index in [2.05, 4.69) is 13.8 Å². The largest absolute Gasteiger partial charge is 0.481 e. The van der Waals surface area contributed by atoms with Crippen LogP contribution in [0.25, 0.3) is 0 Å². The molecule has 0 rings (SSSR count). The second-order valence-corrected chi connectivity index (χ2v) is 3.66. The molecule has 0 radical (unpaired) electrons. The average Bonchev–Trinajstić information content (AvgIpc) is 2.11. The molecule has 78 valence electrons. The van der Waals surface area contributed by atoms with E-state index in [1.54, 1.807) is 0 Å². The first-order valence-electron chi connectivity index (χ1n) is 5.40. The smallest absolute Gasteiger partial charge is 0.306 e. The molecule has 0 aromatic heterocycles. The fourth-order valence-electron chi connectivity index (χ4n) is 1.87. The van der Waals surface area contributed by atoms with Crippen LogP contribution in [0.1, 0.15) is 52.9 Å². The molecule has 2 heteroatoms. The van der Waals surface area contributed by atoms with Crippen LogP contribution < -0.4 is 0 Å². The Labute approximate surface area is 81.3 Å². The van der Waals surface area contributed by atoms with E-state index in [9.17, 15) is 4.79 Å². The zero-order chi connectivity index (χ0) is 10.3. The van der Waals surface area contributed by atoms with Gasteiger partial charge in [0.05, 0.1) is 5.92 Å². The lowest BCUT2D eigenvalue weighted by Gasteiger charge is -2.21. The summed E-state index contributed by atoms with van der Waals surface area (Å²) in [7, 11) is 0. The van der Waals surface area contributed by atoms with Crippen molar-refractivity contribution in [1.29, 1.82) is 0 Å². The van der Waals surface area contributed by atoms with Crippen molar-refractivity contribution in [2.45, 2.75) is 52.9 Å². The predicted molar refractivity (Wildman–Crippen MR) is 54.7 cm³/mol. The predicted octanol–water partition coefficient (Wildman–Crippen LogP) is 3.31. The topological polar surface area (TPSA) is 37.3 Å². The quantitative estimate of drug-likeness (QED) is 0.662. The van der Waals surface area contributed by atoms with Gasteiger partial charge in [0.25, 0.3) is 0 Å². The Balaban J connectivity index is 4.08. The van der Waals surface area contributed by atoms with Gasteiger partial charge >= 0.3 is 5.97 Å². The SMILES string of the molecule is CCCCC(CC)C(CC)C(=O)O. The summed E-state index contributed by atoms with van der Waals surface area (Å²) in [5, 5.41) is 8.97. The molecule has 0 fully saturated rings. The number of hydrogen-bond acceptors (Lipinski definition) is 1. The summed E-state index contributed by atoms with van der Waals surface area (Å²) in [6.07, 6.45) is 5.13. The van der Waals surface area contributed by atoms with Gasteiger partial charge in [0.2, 0.25) is 0 Å². The summed E-state index contributed by atoms with van der Waals surface area (Å²) in [6, 6.07) is 0. The van der Waals surface area contributed by atoms with Gasteiger partial charge < -0.3 is 5.11 Å². The number of carboxylic acids is 1. The molecule has 0 aromatic rings. The molecule has 1 N–H and O–H groups in total. The Kier molecular flexibility index (Phi) is 6.65. The minimum atomic E-state index is -0.620. The van der Waals surface area contributed by atoms with Crippen molar-refractivity contribution in [1.82, 2.24) is 0 Å². The van der Waals surface area contributed by atoms with Crippen LogP contribution in [-0.2, 0) is 4.79 Å². The molecule has 0 saturated carbocycles. The Hall–Kier alpha value is -0.530. The average molecular weight is 186 g/mol. The number of rotatable bonds is 7. The van der Waals surface area contributed by atoms with Gasteiger partial charge in [-0.05, 0) is 18.8 Å². The maximum Gasteiger partial charge on any atom is 0.306 e. The van der Waals surface area contributed by atoms with Crippen LogP contribution in [0.2, 0.25) is 0 Å². The van der Waals surface area contributed by atoms with Gasteiger partial charge in [-0.3, -0.25) is 4.79 Å². The zero-order valence-corrected chi connectivity index (χ0v) is 9.05. The maximum atomic E-state index is 10.9. The number of hydrogen-bond donors (Lipinski definition) is 1. The van der Waals surface area contributed by atoms with Crippen LogP contribution in [0.3, 0.4) is 0 Å². The maximum absolute atomic E-state index is 10.9. The van der Waals surface area contributed by atoms with Crippen molar-refractivity contribution in [3.05, 3.63) is 0 Å². The van der Waals surface area contributed by atoms with Gasteiger partial charge in [-0.1, -0.05) is 40.0 Å². The third-order valence-corrected chi connectivity index (χ3v) is 2.78. The fraction of sp³-hybridized carbons (Fsp3) is 0.909. The first-order valence-corrected chi connectivity index (χ1v) is 5.40. The normalized spacial score (nSPS) is 15.3. The number of carboxylic acid groups (broad SMARTS) is 1. The van der Waals surface area contributed by atoms with Gasteiger partial charge in [0, 0.05) is 0 Å². The monoisotopic (exact) mass is 186 g/mol. The van der Waals surface area contributed by atoms with Gasteiger partial charge in [-0.15, -0.1) is 0 Å².